The van der Waals surface area contributed by atoms with Crippen molar-refractivity contribution in [3.8, 4) is 5.75 Å². The summed E-state index contributed by atoms with van der Waals surface area (Å²) >= 11 is 0. The van der Waals surface area contributed by atoms with E-state index in [1.54, 1.807) is 0 Å². The standard InChI is InChI=1S/C18H29N3O2/c1-3-20(4-2)12-13-23-17-9-7-15(8-10-17)18(22)21-11-5-6-16(21)14-19/h7-10,16H,3-6,11-14,19H2,1-2H3. The Labute approximate surface area is 139 Å². The number of benzene rings is 1. The maximum Gasteiger partial charge on any atom is 0.254 e. The molecule has 0 spiro atoms. The summed E-state index contributed by atoms with van der Waals surface area (Å²) in [5, 5.41) is 0. The summed E-state index contributed by atoms with van der Waals surface area (Å²) in [6.07, 6.45) is 2.05. The van der Waals surface area contributed by atoms with E-state index in [2.05, 4.69) is 18.7 Å². The average Bonchev–Trinajstić information content (AvgIpc) is 3.07. The number of amides is 1. The van der Waals surface area contributed by atoms with Crippen LogP contribution in [-0.2, 0) is 0 Å². The molecule has 1 fully saturated rings. The van der Waals surface area contributed by atoms with Crippen LogP contribution < -0.4 is 10.5 Å². The maximum atomic E-state index is 12.5. The van der Waals surface area contributed by atoms with Gasteiger partial charge in [-0.2, -0.15) is 0 Å². The molecular weight excluding hydrogens is 290 g/mol. The highest BCUT2D eigenvalue weighted by Gasteiger charge is 2.28. The van der Waals surface area contributed by atoms with Gasteiger partial charge in [-0.25, -0.2) is 0 Å². The SMILES string of the molecule is CCN(CC)CCOc1ccc(C(=O)N2CCCC2CN)cc1. The van der Waals surface area contributed by atoms with Crippen LogP contribution in [0.15, 0.2) is 24.3 Å². The van der Waals surface area contributed by atoms with E-state index >= 15 is 0 Å². The van der Waals surface area contributed by atoms with E-state index in [0.717, 1.165) is 44.8 Å². The van der Waals surface area contributed by atoms with Crippen molar-refractivity contribution in [2.24, 2.45) is 5.73 Å². The van der Waals surface area contributed by atoms with Crippen LogP contribution in [0.25, 0.3) is 0 Å². The fraction of sp³-hybridized carbons (Fsp3) is 0.611. The maximum absolute atomic E-state index is 12.5. The van der Waals surface area contributed by atoms with Gasteiger partial charge in [0.1, 0.15) is 12.4 Å². The van der Waals surface area contributed by atoms with Gasteiger partial charge in [-0.3, -0.25) is 4.79 Å². The molecule has 1 heterocycles. The second kappa shape index (κ2) is 8.89. The number of carbonyl (C=O) groups excluding carboxylic acids is 1. The molecule has 2 rings (SSSR count). The second-order valence-corrected chi connectivity index (χ2v) is 5.93. The van der Waals surface area contributed by atoms with Gasteiger partial charge in [0.15, 0.2) is 0 Å². The zero-order chi connectivity index (χ0) is 16.7. The van der Waals surface area contributed by atoms with Crippen LogP contribution >= 0.6 is 0 Å². The normalized spacial score (nSPS) is 17.7. The zero-order valence-corrected chi connectivity index (χ0v) is 14.3. The van der Waals surface area contributed by atoms with E-state index in [4.69, 9.17) is 10.5 Å². The minimum absolute atomic E-state index is 0.0765. The Morgan fingerprint density at radius 2 is 2.00 bits per heavy atom. The lowest BCUT2D eigenvalue weighted by atomic mass is 10.1. The third-order valence-corrected chi connectivity index (χ3v) is 4.58. The molecule has 5 nitrogen and oxygen atoms in total. The summed E-state index contributed by atoms with van der Waals surface area (Å²) in [5.41, 5.74) is 6.46. The Morgan fingerprint density at radius 3 is 2.61 bits per heavy atom. The zero-order valence-electron chi connectivity index (χ0n) is 14.3. The predicted octanol–water partition coefficient (Wildman–Crippen LogP) is 1.97. The van der Waals surface area contributed by atoms with Crippen molar-refractivity contribution in [1.29, 1.82) is 0 Å². The van der Waals surface area contributed by atoms with Crippen molar-refractivity contribution >= 4 is 5.91 Å². The van der Waals surface area contributed by atoms with Gasteiger partial charge in [0.25, 0.3) is 5.91 Å². The molecule has 0 bridgehead atoms. The van der Waals surface area contributed by atoms with E-state index in [1.165, 1.54) is 0 Å². The number of rotatable bonds is 8. The van der Waals surface area contributed by atoms with Gasteiger partial charge in [-0.15, -0.1) is 0 Å². The van der Waals surface area contributed by atoms with Gasteiger partial charge in [0.2, 0.25) is 0 Å². The first-order valence-electron chi connectivity index (χ1n) is 8.65. The molecule has 1 saturated heterocycles. The number of ether oxygens (including phenoxy) is 1. The summed E-state index contributed by atoms with van der Waals surface area (Å²) in [6, 6.07) is 7.64. The Bertz CT molecular complexity index is 486. The Hall–Kier alpha value is -1.59. The molecular formula is C18H29N3O2. The molecule has 1 atom stereocenters. The number of nitrogens with two attached hydrogens (primary N) is 1. The van der Waals surface area contributed by atoms with Crippen LogP contribution in [-0.4, -0.2) is 61.1 Å². The monoisotopic (exact) mass is 319 g/mol. The van der Waals surface area contributed by atoms with E-state index in [-0.39, 0.29) is 11.9 Å². The van der Waals surface area contributed by atoms with Crippen molar-refractivity contribution in [3.63, 3.8) is 0 Å². The minimum Gasteiger partial charge on any atom is -0.492 e. The molecule has 1 amide bonds. The number of nitrogens with zero attached hydrogens (tertiary/aromatic N) is 2. The molecule has 1 aromatic rings. The van der Waals surface area contributed by atoms with Crippen molar-refractivity contribution in [1.82, 2.24) is 9.80 Å². The van der Waals surface area contributed by atoms with Crippen molar-refractivity contribution in [2.45, 2.75) is 32.7 Å². The fourth-order valence-corrected chi connectivity index (χ4v) is 3.04. The molecule has 0 saturated carbocycles. The molecule has 1 aliphatic rings. The first kappa shape index (κ1) is 17.8. The van der Waals surface area contributed by atoms with Crippen LogP contribution in [0.1, 0.15) is 37.0 Å². The van der Waals surface area contributed by atoms with Crippen LogP contribution in [0.3, 0.4) is 0 Å². The highest BCUT2D eigenvalue weighted by molar-refractivity contribution is 5.94. The number of hydrogen-bond donors (Lipinski definition) is 1. The van der Waals surface area contributed by atoms with E-state index in [0.29, 0.717) is 18.7 Å². The van der Waals surface area contributed by atoms with Crippen LogP contribution in [0, 0.1) is 0 Å². The average molecular weight is 319 g/mol. The first-order chi connectivity index (χ1) is 11.2. The van der Waals surface area contributed by atoms with Gasteiger partial charge < -0.3 is 20.3 Å². The van der Waals surface area contributed by atoms with E-state index in [9.17, 15) is 4.79 Å². The van der Waals surface area contributed by atoms with Crippen LogP contribution in [0.2, 0.25) is 0 Å². The highest BCUT2D eigenvalue weighted by atomic mass is 16.5. The third kappa shape index (κ3) is 4.69. The Balaban J connectivity index is 1.88. The van der Waals surface area contributed by atoms with E-state index < -0.39 is 0 Å². The third-order valence-electron chi connectivity index (χ3n) is 4.58. The predicted molar refractivity (Wildman–Crippen MR) is 92.8 cm³/mol. The summed E-state index contributed by atoms with van der Waals surface area (Å²) in [4.78, 5) is 16.7. The quantitative estimate of drug-likeness (QED) is 0.796. The number of hydrogen-bond acceptors (Lipinski definition) is 4. The van der Waals surface area contributed by atoms with Crippen molar-refractivity contribution < 1.29 is 9.53 Å². The second-order valence-electron chi connectivity index (χ2n) is 5.93. The van der Waals surface area contributed by atoms with Crippen LogP contribution in [0.5, 0.6) is 5.75 Å². The molecule has 1 aliphatic heterocycles. The van der Waals surface area contributed by atoms with Gasteiger partial charge in [0, 0.05) is 31.2 Å². The van der Waals surface area contributed by atoms with Gasteiger partial charge in [0.05, 0.1) is 0 Å². The topological polar surface area (TPSA) is 58.8 Å². The highest BCUT2D eigenvalue weighted by Crippen LogP contribution is 2.20. The smallest absolute Gasteiger partial charge is 0.254 e. The summed E-state index contributed by atoms with van der Waals surface area (Å²) in [5.74, 6) is 0.887. The van der Waals surface area contributed by atoms with E-state index in [1.807, 2.05) is 29.2 Å². The summed E-state index contributed by atoms with van der Waals surface area (Å²) in [7, 11) is 0. The lowest BCUT2D eigenvalue weighted by Crippen LogP contribution is -2.39. The fourth-order valence-electron chi connectivity index (χ4n) is 3.04. The molecule has 23 heavy (non-hydrogen) atoms. The Kier molecular flexibility index (Phi) is 6.86. The lowest BCUT2D eigenvalue weighted by molar-refractivity contribution is 0.0741. The van der Waals surface area contributed by atoms with Crippen LogP contribution in [0.4, 0.5) is 0 Å². The molecule has 1 aromatic carbocycles. The first-order valence-corrected chi connectivity index (χ1v) is 8.65. The molecule has 1 unspecified atom stereocenters. The van der Waals surface area contributed by atoms with Gasteiger partial charge in [-0.05, 0) is 50.2 Å². The molecule has 0 aliphatic carbocycles. The summed E-state index contributed by atoms with van der Waals surface area (Å²) in [6.45, 7) is 9.29. The number of likely N-dealkylation sites (N-methyl/N-ethyl adjacent to an activating group) is 1. The summed E-state index contributed by atoms with van der Waals surface area (Å²) < 4.78 is 5.76. The minimum atomic E-state index is 0.0765. The lowest BCUT2D eigenvalue weighted by Gasteiger charge is -2.23. The Morgan fingerprint density at radius 1 is 1.30 bits per heavy atom. The van der Waals surface area contributed by atoms with Crippen molar-refractivity contribution in [3.05, 3.63) is 29.8 Å². The largest absolute Gasteiger partial charge is 0.492 e. The molecule has 0 aromatic heterocycles. The molecule has 2 N–H and O–H groups in total. The van der Waals surface area contributed by atoms with Gasteiger partial charge >= 0.3 is 0 Å². The molecule has 0 radical (unpaired) electrons. The van der Waals surface area contributed by atoms with Gasteiger partial charge in [-0.1, -0.05) is 13.8 Å². The number of carbonyl (C=O) groups is 1. The van der Waals surface area contributed by atoms with Crippen molar-refractivity contribution in [2.75, 3.05) is 39.3 Å². The molecule has 128 valence electrons. The number of likely N-dealkylation sites (tertiary alicyclic amines) is 1. The molecule has 5 heteroatoms.